The molecule has 1 aliphatic heterocycles. The van der Waals surface area contributed by atoms with Crippen molar-refractivity contribution in [1.82, 2.24) is 35.0 Å². The molecule has 1 fully saturated rings. The zero-order valence-electron chi connectivity index (χ0n) is 21.0. The van der Waals surface area contributed by atoms with Gasteiger partial charge in [0.2, 0.25) is 0 Å². The minimum atomic E-state index is -0.262. The van der Waals surface area contributed by atoms with Gasteiger partial charge in [0.25, 0.3) is 0 Å². The predicted octanol–water partition coefficient (Wildman–Crippen LogP) is 6.27. The molecular formula is C30H26FN7. The van der Waals surface area contributed by atoms with Gasteiger partial charge >= 0.3 is 0 Å². The topological polar surface area (TPSA) is 86.4 Å². The van der Waals surface area contributed by atoms with Gasteiger partial charge in [-0.1, -0.05) is 6.07 Å². The van der Waals surface area contributed by atoms with Crippen LogP contribution in [0.5, 0.6) is 0 Å². The number of fused-ring (bicyclic) bond motifs is 2. The molecular weight excluding hydrogens is 477 g/mol. The van der Waals surface area contributed by atoms with Crippen molar-refractivity contribution in [1.29, 1.82) is 0 Å². The monoisotopic (exact) mass is 503 g/mol. The minimum Gasteiger partial charge on any atom is -0.352 e. The average molecular weight is 504 g/mol. The predicted molar refractivity (Wildman–Crippen MR) is 147 cm³/mol. The maximum Gasteiger partial charge on any atom is 0.135 e. The highest BCUT2D eigenvalue weighted by Crippen LogP contribution is 2.34. The summed E-state index contributed by atoms with van der Waals surface area (Å²) in [6.07, 6.45) is 9.89. The lowest BCUT2D eigenvalue weighted by atomic mass is 10.0. The van der Waals surface area contributed by atoms with E-state index in [9.17, 15) is 4.39 Å². The third-order valence-electron chi connectivity index (χ3n) is 7.26. The Labute approximate surface area is 218 Å². The maximum absolute atomic E-state index is 14.2. The number of aromatic amines is 2. The van der Waals surface area contributed by atoms with Crippen LogP contribution in [0.15, 0.2) is 67.3 Å². The number of hydrogen-bond acceptors (Lipinski definition) is 5. The second kappa shape index (κ2) is 9.15. The second-order valence-electron chi connectivity index (χ2n) is 10.1. The Kier molecular flexibility index (Phi) is 5.47. The Morgan fingerprint density at radius 3 is 2.63 bits per heavy atom. The van der Waals surface area contributed by atoms with Gasteiger partial charge in [-0.3, -0.25) is 20.0 Å². The average Bonchev–Trinajstić information content (AvgIpc) is 3.67. The van der Waals surface area contributed by atoms with Crippen LogP contribution in [0.4, 0.5) is 4.39 Å². The Bertz CT molecular complexity index is 1780. The van der Waals surface area contributed by atoms with E-state index in [2.05, 4.69) is 36.1 Å². The van der Waals surface area contributed by atoms with Crippen molar-refractivity contribution in [3.05, 3.63) is 84.2 Å². The van der Waals surface area contributed by atoms with Crippen molar-refractivity contribution in [2.45, 2.75) is 26.3 Å². The highest BCUT2D eigenvalue weighted by Gasteiger charge is 2.17. The summed E-state index contributed by atoms with van der Waals surface area (Å²) in [6, 6.07) is 13.3. The third kappa shape index (κ3) is 4.13. The van der Waals surface area contributed by atoms with Gasteiger partial charge in [0.1, 0.15) is 17.0 Å². The van der Waals surface area contributed by atoms with Crippen LogP contribution in [0.25, 0.3) is 55.7 Å². The highest BCUT2D eigenvalue weighted by atomic mass is 19.1. The van der Waals surface area contributed by atoms with Crippen molar-refractivity contribution in [2.24, 2.45) is 0 Å². The molecule has 0 bridgehead atoms. The van der Waals surface area contributed by atoms with Gasteiger partial charge in [0, 0.05) is 41.6 Å². The number of aryl methyl sites for hydroxylation is 1. The van der Waals surface area contributed by atoms with Crippen LogP contribution in [0.3, 0.4) is 0 Å². The molecule has 8 heteroatoms. The van der Waals surface area contributed by atoms with E-state index < -0.39 is 0 Å². The lowest BCUT2D eigenvalue weighted by Crippen LogP contribution is -2.18. The Morgan fingerprint density at radius 2 is 1.76 bits per heavy atom. The number of likely N-dealkylation sites (tertiary alicyclic amines) is 1. The summed E-state index contributed by atoms with van der Waals surface area (Å²) < 4.78 is 14.2. The van der Waals surface area contributed by atoms with Crippen molar-refractivity contribution in [3.8, 4) is 33.8 Å². The molecule has 6 aromatic rings. The number of halogens is 1. The third-order valence-corrected chi connectivity index (χ3v) is 7.26. The van der Waals surface area contributed by atoms with Crippen LogP contribution in [0.1, 0.15) is 24.0 Å². The van der Waals surface area contributed by atoms with Crippen LogP contribution in [-0.2, 0) is 6.54 Å². The number of pyridine rings is 3. The van der Waals surface area contributed by atoms with Gasteiger partial charge in [-0.2, -0.15) is 5.10 Å². The molecule has 1 aromatic carbocycles. The van der Waals surface area contributed by atoms with Crippen molar-refractivity contribution in [3.63, 3.8) is 0 Å². The summed E-state index contributed by atoms with van der Waals surface area (Å²) in [5.41, 5.74) is 9.57. The summed E-state index contributed by atoms with van der Waals surface area (Å²) in [7, 11) is 0. The highest BCUT2D eigenvalue weighted by molar-refractivity contribution is 6.00. The van der Waals surface area contributed by atoms with Crippen LogP contribution in [0.2, 0.25) is 0 Å². The Morgan fingerprint density at radius 1 is 0.895 bits per heavy atom. The molecule has 5 aromatic heterocycles. The van der Waals surface area contributed by atoms with Crippen molar-refractivity contribution < 1.29 is 4.39 Å². The number of nitrogens with one attached hydrogen (secondary N) is 2. The maximum atomic E-state index is 14.2. The number of rotatable bonds is 5. The number of hydrogen-bond donors (Lipinski definition) is 2. The lowest BCUT2D eigenvalue weighted by molar-refractivity contribution is 0.331. The quantitative estimate of drug-likeness (QED) is 0.289. The van der Waals surface area contributed by atoms with Gasteiger partial charge in [0.05, 0.1) is 28.6 Å². The number of nitrogens with zero attached hydrogens (tertiary/aromatic N) is 5. The molecule has 1 aliphatic rings. The molecule has 0 radical (unpaired) electrons. The SMILES string of the molecule is Cc1cc(F)cc(-c2cncc3[nH]c(-c4n[nH]c5ccc(-c6cncc(CN7CCCC7)c6)nc45)cc23)c1. The Balaban J connectivity index is 1.28. The van der Waals surface area contributed by atoms with Gasteiger partial charge < -0.3 is 4.98 Å². The number of H-pyrrole nitrogens is 2. The zero-order chi connectivity index (χ0) is 25.6. The molecule has 2 N–H and O–H groups in total. The van der Waals surface area contributed by atoms with Crippen LogP contribution >= 0.6 is 0 Å². The molecule has 188 valence electrons. The fourth-order valence-electron chi connectivity index (χ4n) is 5.46. The first-order valence-electron chi connectivity index (χ1n) is 12.9. The van der Waals surface area contributed by atoms with Gasteiger partial charge in [-0.15, -0.1) is 0 Å². The summed E-state index contributed by atoms with van der Waals surface area (Å²) in [4.78, 5) is 19.8. The number of benzene rings is 1. The van der Waals surface area contributed by atoms with Crippen molar-refractivity contribution in [2.75, 3.05) is 13.1 Å². The molecule has 7 nitrogen and oxygen atoms in total. The van der Waals surface area contributed by atoms with E-state index in [-0.39, 0.29) is 5.82 Å². The first-order valence-corrected chi connectivity index (χ1v) is 12.9. The molecule has 0 unspecified atom stereocenters. The first kappa shape index (κ1) is 22.7. The molecule has 0 atom stereocenters. The molecule has 7 rings (SSSR count). The summed E-state index contributed by atoms with van der Waals surface area (Å²) in [5.74, 6) is -0.262. The molecule has 1 saturated heterocycles. The van der Waals surface area contributed by atoms with E-state index in [1.54, 1.807) is 18.5 Å². The van der Waals surface area contributed by atoms with Gasteiger partial charge in [-0.25, -0.2) is 9.37 Å². The van der Waals surface area contributed by atoms with E-state index in [4.69, 9.17) is 4.98 Å². The van der Waals surface area contributed by atoms with Crippen LogP contribution in [-0.4, -0.2) is 48.1 Å². The molecule has 6 heterocycles. The van der Waals surface area contributed by atoms with Crippen LogP contribution in [0, 0.1) is 12.7 Å². The van der Waals surface area contributed by atoms with Gasteiger partial charge in [-0.05, 0) is 85.9 Å². The molecule has 0 aliphatic carbocycles. The smallest absolute Gasteiger partial charge is 0.135 e. The molecule has 0 saturated carbocycles. The van der Waals surface area contributed by atoms with E-state index in [0.717, 1.165) is 80.9 Å². The van der Waals surface area contributed by atoms with E-state index in [1.807, 2.05) is 43.6 Å². The molecule has 38 heavy (non-hydrogen) atoms. The zero-order valence-corrected chi connectivity index (χ0v) is 21.0. The minimum absolute atomic E-state index is 0.262. The summed E-state index contributed by atoms with van der Waals surface area (Å²) in [5, 5.41) is 8.65. The largest absolute Gasteiger partial charge is 0.352 e. The van der Waals surface area contributed by atoms with E-state index in [1.165, 1.54) is 24.5 Å². The Hall–Kier alpha value is -4.43. The van der Waals surface area contributed by atoms with E-state index >= 15 is 0 Å². The fraction of sp³-hybridized carbons (Fsp3) is 0.200. The standard InChI is InChI=1S/C30H26FN7/c1-18-8-20(11-22(31)9-18)24-15-33-16-28-23(24)12-27(34-28)30-29-26(36-37-30)5-4-25(35-29)21-10-19(13-32-14-21)17-38-6-2-3-7-38/h4-5,8-16,34H,2-3,6-7,17H2,1H3,(H,36,37). The number of aromatic nitrogens is 6. The molecule has 0 spiro atoms. The summed E-state index contributed by atoms with van der Waals surface area (Å²) >= 11 is 0. The normalized spacial score (nSPS) is 14.2. The van der Waals surface area contributed by atoms with Crippen molar-refractivity contribution >= 4 is 21.9 Å². The molecule has 0 amide bonds. The lowest BCUT2D eigenvalue weighted by Gasteiger charge is -2.14. The summed E-state index contributed by atoms with van der Waals surface area (Å²) in [6.45, 7) is 5.09. The van der Waals surface area contributed by atoms with Gasteiger partial charge in [0.15, 0.2) is 0 Å². The second-order valence-corrected chi connectivity index (χ2v) is 10.1. The van der Waals surface area contributed by atoms with Crippen LogP contribution < -0.4 is 0 Å². The van der Waals surface area contributed by atoms with E-state index in [0.29, 0.717) is 0 Å². The fourth-order valence-corrected chi connectivity index (χ4v) is 5.46. The first-order chi connectivity index (χ1) is 18.6.